The number of benzene rings is 1. The predicted octanol–water partition coefficient (Wildman–Crippen LogP) is 2.79. The van der Waals surface area contributed by atoms with Crippen LogP contribution in [0, 0.1) is 0 Å². The molecule has 0 spiro atoms. The van der Waals surface area contributed by atoms with Crippen LogP contribution in [0.25, 0.3) is 0 Å². The van der Waals surface area contributed by atoms with Crippen LogP contribution >= 0.6 is 0 Å². The minimum Gasteiger partial charge on any atom is -0.294 e. The molecule has 0 unspecified atom stereocenters. The van der Waals surface area contributed by atoms with E-state index < -0.39 is 0 Å². The number of allylic oxidation sites excluding steroid dienone is 1. The molecule has 2 bridgehead atoms. The Morgan fingerprint density at radius 1 is 1.07 bits per heavy atom. The van der Waals surface area contributed by atoms with Gasteiger partial charge >= 0.3 is 0 Å². The summed E-state index contributed by atoms with van der Waals surface area (Å²) in [5.41, 5.74) is 3.43. The summed E-state index contributed by atoms with van der Waals surface area (Å²) in [5, 5.41) is 0. The van der Waals surface area contributed by atoms with Crippen molar-refractivity contribution in [1.29, 1.82) is 0 Å². The third-order valence-corrected chi connectivity index (χ3v) is 3.54. The van der Waals surface area contributed by atoms with E-state index in [2.05, 4.69) is 24.8 Å². The number of ketones is 1. The zero-order chi connectivity index (χ0) is 9.71. The maximum Gasteiger partial charge on any atom is 0.166 e. The normalized spacial score (nSPS) is 29.1. The van der Waals surface area contributed by atoms with Crippen molar-refractivity contribution in [3.8, 4) is 0 Å². The Balaban J connectivity index is 2.27. The second kappa shape index (κ2) is 2.57. The minimum absolute atomic E-state index is 0.115. The SMILES string of the molecule is C=C1C(=O)[C@@H]2CC[C@@H]1c1ccccc12. The van der Waals surface area contributed by atoms with E-state index in [4.69, 9.17) is 0 Å². The zero-order valence-corrected chi connectivity index (χ0v) is 7.99. The van der Waals surface area contributed by atoms with Crippen LogP contribution in [-0.2, 0) is 4.79 Å². The maximum absolute atomic E-state index is 11.8. The predicted molar refractivity (Wildman–Crippen MR) is 55.3 cm³/mol. The Bertz CT molecular complexity index is 390. The second-order valence-electron chi connectivity index (χ2n) is 4.20. The van der Waals surface area contributed by atoms with Crippen LogP contribution in [0.3, 0.4) is 0 Å². The molecule has 1 aromatic carbocycles. The number of fused-ring (bicyclic) bond motifs is 2. The van der Waals surface area contributed by atoms with Gasteiger partial charge in [0.25, 0.3) is 0 Å². The van der Waals surface area contributed by atoms with Crippen molar-refractivity contribution >= 4 is 5.78 Å². The van der Waals surface area contributed by atoms with Crippen LogP contribution in [-0.4, -0.2) is 5.78 Å². The fraction of sp³-hybridized carbons (Fsp3) is 0.308. The summed E-state index contributed by atoms with van der Waals surface area (Å²) >= 11 is 0. The van der Waals surface area contributed by atoms with Gasteiger partial charge in [0.05, 0.1) is 0 Å². The van der Waals surface area contributed by atoms with Gasteiger partial charge in [-0.3, -0.25) is 4.79 Å². The quantitative estimate of drug-likeness (QED) is 0.567. The molecule has 0 amide bonds. The van der Waals surface area contributed by atoms with Crippen LogP contribution in [0.2, 0.25) is 0 Å². The molecular formula is C13H12O. The first kappa shape index (κ1) is 7.98. The van der Waals surface area contributed by atoms with E-state index in [0.717, 1.165) is 18.4 Å². The molecule has 0 aromatic heterocycles. The average Bonchev–Trinajstić information content (AvgIpc) is 2.24. The lowest BCUT2D eigenvalue weighted by atomic mass is 9.64. The molecule has 70 valence electrons. The Hall–Kier alpha value is -1.37. The van der Waals surface area contributed by atoms with Gasteiger partial charge in [-0.2, -0.15) is 0 Å². The Morgan fingerprint density at radius 3 is 2.36 bits per heavy atom. The summed E-state index contributed by atoms with van der Waals surface area (Å²) in [5.74, 6) is 0.701. The van der Waals surface area contributed by atoms with Crippen molar-refractivity contribution in [1.82, 2.24) is 0 Å². The van der Waals surface area contributed by atoms with Crippen molar-refractivity contribution < 1.29 is 4.79 Å². The largest absolute Gasteiger partial charge is 0.294 e. The molecule has 0 radical (unpaired) electrons. The highest BCUT2D eigenvalue weighted by molar-refractivity contribution is 6.04. The number of Topliss-reactive ketones (excluding diaryl/α,β-unsaturated/α-hetero) is 1. The van der Waals surface area contributed by atoms with E-state index >= 15 is 0 Å². The topological polar surface area (TPSA) is 17.1 Å². The van der Waals surface area contributed by atoms with Gasteiger partial charge in [-0.1, -0.05) is 30.8 Å². The Morgan fingerprint density at radius 2 is 1.64 bits per heavy atom. The summed E-state index contributed by atoms with van der Waals surface area (Å²) in [6, 6.07) is 8.31. The fourth-order valence-electron chi connectivity index (χ4n) is 2.82. The van der Waals surface area contributed by atoms with Crippen LogP contribution < -0.4 is 0 Å². The standard InChI is InChI=1S/C13H12O/c1-8-9-6-7-12(13(8)14)11-5-3-2-4-10(9)11/h2-5,9,12H,1,6-7H2/t9-,12+/m0/s1. The molecule has 1 heteroatoms. The van der Waals surface area contributed by atoms with Crippen molar-refractivity contribution in [3.63, 3.8) is 0 Å². The van der Waals surface area contributed by atoms with Gasteiger partial charge < -0.3 is 0 Å². The van der Waals surface area contributed by atoms with E-state index in [0.29, 0.717) is 5.92 Å². The molecule has 0 heterocycles. The van der Waals surface area contributed by atoms with E-state index in [1.54, 1.807) is 0 Å². The molecule has 3 aliphatic rings. The number of carbonyl (C=O) groups is 1. The van der Waals surface area contributed by atoms with Crippen LogP contribution in [0.4, 0.5) is 0 Å². The third kappa shape index (κ3) is 0.822. The number of carbonyl (C=O) groups excluding carboxylic acids is 1. The summed E-state index contributed by atoms with van der Waals surface area (Å²) < 4.78 is 0. The van der Waals surface area contributed by atoms with E-state index in [1.807, 2.05) is 6.07 Å². The third-order valence-electron chi connectivity index (χ3n) is 3.54. The van der Waals surface area contributed by atoms with E-state index in [9.17, 15) is 4.79 Å². The smallest absolute Gasteiger partial charge is 0.166 e. The fourth-order valence-corrected chi connectivity index (χ4v) is 2.82. The molecule has 4 rings (SSSR count). The molecule has 1 aromatic rings. The number of hydrogen-bond acceptors (Lipinski definition) is 1. The Kier molecular flexibility index (Phi) is 1.46. The van der Waals surface area contributed by atoms with Gasteiger partial charge in [0.2, 0.25) is 0 Å². The summed E-state index contributed by atoms with van der Waals surface area (Å²) in [6.45, 7) is 3.93. The average molecular weight is 184 g/mol. The van der Waals surface area contributed by atoms with Crippen molar-refractivity contribution in [2.45, 2.75) is 24.7 Å². The molecule has 0 aliphatic heterocycles. The van der Waals surface area contributed by atoms with Crippen LogP contribution in [0.5, 0.6) is 0 Å². The first-order valence-electron chi connectivity index (χ1n) is 5.11. The van der Waals surface area contributed by atoms with Gasteiger partial charge in [0.1, 0.15) is 0 Å². The first-order valence-corrected chi connectivity index (χ1v) is 5.11. The molecule has 3 aliphatic carbocycles. The van der Waals surface area contributed by atoms with Crippen LogP contribution in [0.1, 0.15) is 35.8 Å². The lowest BCUT2D eigenvalue weighted by Gasteiger charge is -2.38. The molecule has 0 saturated heterocycles. The van der Waals surface area contributed by atoms with Gasteiger partial charge in [0.15, 0.2) is 5.78 Å². The highest BCUT2D eigenvalue weighted by atomic mass is 16.1. The molecule has 14 heavy (non-hydrogen) atoms. The highest BCUT2D eigenvalue weighted by Gasteiger charge is 2.40. The second-order valence-corrected chi connectivity index (χ2v) is 4.20. The molecular weight excluding hydrogens is 172 g/mol. The maximum atomic E-state index is 11.8. The molecule has 1 fully saturated rings. The van der Waals surface area contributed by atoms with E-state index in [-0.39, 0.29) is 11.7 Å². The van der Waals surface area contributed by atoms with Gasteiger partial charge in [0, 0.05) is 11.8 Å². The zero-order valence-electron chi connectivity index (χ0n) is 7.99. The van der Waals surface area contributed by atoms with Crippen molar-refractivity contribution in [2.75, 3.05) is 0 Å². The van der Waals surface area contributed by atoms with Gasteiger partial charge in [-0.25, -0.2) is 0 Å². The number of rotatable bonds is 0. The summed E-state index contributed by atoms with van der Waals surface area (Å²) in [6.07, 6.45) is 2.12. The Labute approximate surface area is 83.4 Å². The lowest BCUT2D eigenvalue weighted by molar-refractivity contribution is -0.118. The van der Waals surface area contributed by atoms with Gasteiger partial charge in [-0.15, -0.1) is 0 Å². The molecule has 0 N–H and O–H groups in total. The summed E-state index contributed by atoms with van der Waals surface area (Å²) in [4.78, 5) is 11.8. The van der Waals surface area contributed by atoms with E-state index in [1.165, 1.54) is 11.1 Å². The van der Waals surface area contributed by atoms with Crippen LogP contribution in [0.15, 0.2) is 36.4 Å². The number of hydrogen-bond donors (Lipinski definition) is 0. The molecule has 1 saturated carbocycles. The lowest BCUT2D eigenvalue weighted by Crippen LogP contribution is -2.31. The van der Waals surface area contributed by atoms with Crippen molar-refractivity contribution in [3.05, 3.63) is 47.5 Å². The monoisotopic (exact) mass is 184 g/mol. The highest BCUT2D eigenvalue weighted by Crippen LogP contribution is 2.49. The van der Waals surface area contributed by atoms with Gasteiger partial charge in [-0.05, 0) is 29.5 Å². The van der Waals surface area contributed by atoms with Crippen molar-refractivity contribution in [2.24, 2.45) is 0 Å². The molecule has 2 atom stereocenters. The first-order chi connectivity index (χ1) is 6.79. The minimum atomic E-state index is 0.115. The molecule has 1 nitrogen and oxygen atoms in total. The summed E-state index contributed by atoms with van der Waals surface area (Å²) in [7, 11) is 0.